The highest BCUT2D eigenvalue weighted by Gasteiger charge is 1.99. The van der Waals surface area contributed by atoms with Crippen LogP contribution in [0.5, 0.6) is 5.75 Å². The van der Waals surface area contributed by atoms with Crippen LogP contribution in [-0.2, 0) is 0 Å². The van der Waals surface area contributed by atoms with E-state index in [1.54, 1.807) is 12.1 Å². The van der Waals surface area contributed by atoms with E-state index >= 15 is 0 Å². The zero-order valence-electron chi connectivity index (χ0n) is 7.99. The van der Waals surface area contributed by atoms with Gasteiger partial charge in [-0.1, -0.05) is 6.92 Å². The molecular formula is C11H14O2. The SMILES string of the molecule is CCC(C)Oc1ccc(C=O)cc1. The van der Waals surface area contributed by atoms with Gasteiger partial charge in [-0.15, -0.1) is 0 Å². The Morgan fingerprint density at radius 2 is 2.00 bits per heavy atom. The monoisotopic (exact) mass is 178 g/mol. The molecule has 1 unspecified atom stereocenters. The Hall–Kier alpha value is -1.31. The van der Waals surface area contributed by atoms with Crippen molar-refractivity contribution in [3.8, 4) is 5.75 Å². The molecule has 0 aliphatic rings. The van der Waals surface area contributed by atoms with Gasteiger partial charge in [-0.2, -0.15) is 0 Å². The van der Waals surface area contributed by atoms with Crippen LogP contribution in [0.1, 0.15) is 30.6 Å². The molecule has 1 rings (SSSR count). The van der Waals surface area contributed by atoms with E-state index < -0.39 is 0 Å². The van der Waals surface area contributed by atoms with Crippen LogP contribution in [0.25, 0.3) is 0 Å². The largest absolute Gasteiger partial charge is 0.491 e. The van der Waals surface area contributed by atoms with Gasteiger partial charge in [0.15, 0.2) is 0 Å². The molecule has 0 amide bonds. The van der Waals surface area contributed by atoms with E-state index in [0.717, 1.165) is 18.5 Å². The Bertz CT molecular complexity index is 264. The second kappa shape index (κ2) is 4.65. The molecule has 70 valence electrons. The summed E-state index contributed by atoms with van der Waals surface area (Å²) in [6, 6.07) is 7.14. The van der Waals surface area contributed by atoms with Crippen molar-refractivity contribution < 1.29 is 9.53 Å². The Kier molecular flexibility index (Phi) is 3.50. The Labute approximate surface area is 78.5 Å². The lowest BCUT2D eigenvalue weighted by Crippen LogP contribution is -2.09. The first-order chi connectivity index (χ1) is 6.26. The summed E-state index contributed by atoms with van der Waals surface area (Å²) in [5.41, 5.74) is 0.677. The van der Waals surface area contributed by atoms with Gasteiger partial charge in [0.05, 0.1) is 6.10 Å². The Morgan fingerprint density at radius 3 is 2.46 bits per heavy atom. The van der Waals surface area contributed by atoms with Crippen LogP contribution in [0, 0.1) is 0 Å². The molecule has 0 aromatic heterocycles. The molecular weight excluding hydrogens is 164 g/mol. The summed E-state index contributed by atoms with van der Waals surface area (Å²) in [6.45, 7) is 4.10. The standard InChI is InChI=1S/C11H14O2/c1-3-9(2)13-11-6-4-10(8-12)5-7-11/h4-9H,3H2,1-2H3. The number of aldehydes is 1. The summed E-state index contributed by atoms with van der Waals surface area (Å²) in [5, 5.41) is 0. The molecule has 0 saturated carbocycles. The van der Waals surface area contributed by atoms with Gasteiger partial charge >= 0.3 is 0 Å². The van der Waals surface area contributed by atoms with Crippen molar-refractivity contribution in [1.29, 1.82) is 0 Å². The molecule has 0 N–H and O–H groups in total. The highest BCUT2D eigenvalue weighted by Crippen LogP contribution is 2.13. The average molecular weight is 178 g/mol. The van der Waals surface area contributed by atoms with E-state index in [9.17, 15) is 4.79 Å². The minimum atomic E-state index is 0.224. The Morgan fingerprint density at radius 1 is 1.38 bits per heavy atom. The maximum absolute atomic E-state index is 10.4. The van der Waals surface area contributed by atoms with E-state index in [1.807, 2.05) is 19.1 Å². The van der Waals surface area contributed by atoms with Crippen molar-refractivity contribution in [2.45, 2.75) is 26.4 Å². The number of hydrogen-bond acceptors (Lipinski definition) is 2. The van der Waals surface area contributed by atoms with Crippen molar-refractivity contribution in [2.75, 3.05) is 0 Å². The third-order valence-electron chi connectivity index (χ3n) is 1.93. The van der Waals surface area contributed by atoms with Gasteiger partial charge in [-0.3, -0.25) is 4.79 Å². The second-order valence-corrected chi connectivity index (χ2v) is 3.02. The molecule has 0 aliphatic carbocycles. The maximum Gasteiger partial charge on any atom is 0.150 e. The summed E-state index contributed by atoms with van der Waals surface area (Å²) in [7, 11) is 0. The molecule has 0 heterocycles. The number of hydrogen-bond donors (Lipinski definition) is 0. The molecule has 0 radical (unpaired) electrons. The molecule has 13 heavy (non-hydrogen) atoms. The maximum atomic E-state index is 10.4. The number of rotatable bonds is 4. The normalized spacial score (nSPS) is 12.2. The minimum Gasteiger partial charge on any atom is -0.491 e. The van der Waals surface area contributed by atoms with Crippen LogP contribution in [0.2, 0.25) is 0 Å². The van der Waals surface area contributed by atoms with Gasteiger partial charge in [0, 0.05) is 5.56 Å². The molecule has 0 aliphatic heterocycles. The molecule has 1 atom stereocenters. The van der Waals surface area contributed by atoms with Crippen molar-refractivity contribution in [2.24, 2.45) is 0 Å². The zero-order valence-corrected chi connectivity index (χ0v) is 7.99. The fraction of sp³-hybridized carbons (Fsp3) is 0.364. The fourth-order valence-electron chi connectivity index (χ4n) is 0.941. The van der Waals surface area contributed by atoms with Gasteiger partial charge in [-0.05, 0) is 37.6 Å². The lowest BCUT2D eigenvalue weighted by molar-refractivity contribution is 0.112. The number of benzene rings is 1. The van der Waals surface area contributed by atoms with Gasteiger partial charge in [0.25, 0.3) is 0 Å². The van der Waals surface area contributed by atoms with E-state index in [2.05, 4.69) is 6.92 Å². The fourth-order valence-corrected chi connectivity index (χ4v) is 0.941. The predicted octanol–water partition coefficient (Wildman–Crippen LogP) is 2.68. The highest BCUT2D eigenvalue weighted by molar-refractivity contribution is 5.74. The second-order valence-electron chi connectivity index (χ2n) is 3.02. The zero-order chi connectivity index (χ0) is 9.68. The first-order valence-corrected chi connectivity index (χ1v) is 4.48. The third kappa shape index (κ3) is 2.90. The van der Waals surface area contributed by atoms with E-state index in [1.165, 1.54) is 0 Å². The highest BCUT2D eigenvalue weighted by atomic mass is 16.5. The molecule has 0 saturated heterocycles. The summed E-state index contributed by atoms with van der Waals surface area (Å²) >= 11 is 0. The minimum absolute atomic E-state index is 0.224. The summed E-state index contributed by atoms with van der Waals surface area (Å²) < 4.78 is 5.55. The van der Waals surface area contributed by atoms with Crippen molar-refractivity contribution in [1.82, 2.24) is 0 Å². The molecule has 0 spiro atoms. The van der Waals surface area contributed by atoms with Gasteiger partial charge in [0.2, 0.25) is 0 Å². The van der Waals surface area contributed by atoms with Crippen LogP contribution >= 0.6 is 0 Å². The third-order valence-corrected chi connectivity index (χ3v) is 1.93. The van der Waals surface area contributed by atoms with Crippen molar-refractivity contribution in [3.63, 3.8) is 0 Å². The summed E-state index contributed by atoms with van der Waals surface area (Å²) in [4.78, 5) is 10.4. The molecule has 1 aromatic carbocycles. The van der Waals surface area contributed by atoms with Crippen LogP contribution < -0.4 is 4.74 Å². The van der Waals surface area contributed by atoms with Crippen molar-refractivity contribution in [3.05, 3.63) is 29.8 Å². The number of ether oxygens (including phenoxy) is 1. The predicted molar refractivity (Wildman–Crippen MR) is 52.2 cm³/mol. The first-order valence-electron chi connectivity index (χ1n) is 4.48. The smallest absolute Gasteiger partial charge is 0.150 e. The van der Waals surface area contributed by atoms with Crippen LogP contribution in [-0.4, -0.2) is 12.4 Å². The van der Waals surface area contributed by atoms with Gasteiger partial charge in [-0.25, -0.2) is 0 Å². The number of carbonyl (C=O) groups is 1. The molecule has 2 heteroatoms. The Balaban J connectivity index is 2.63. The topological polar surface area (TPSA) is 26.3 Å². The summed E-state index contributed by atoms with van der Waals surface area (Å²) in [6.07, 6.45) is 2.03. The quantitative estimate of drug-likeness (QED) is 0.662. The molecule has 1 aromatic rings. The molecule has 0 bridgehead atoms. The average Bonchev–Trinajstić information content (AvgIpc) is 2.19. The lowest BCUT2D eigenvalue weighted by atomic mass is 10.2. The van der Waals surface area contributed by atoms with Crippen LogP contribution in [0.4, 0.5) is 0 Å². The van der Waals surface area contributed by atoms with E-state index in [4.69, 9.17) is 4.74 Å². The summed E-state index contributed by atoms with van der Waals surface area (Å²) in [5.74, 6) is 0.819. The molecule has 0 fully saturated rings. The van der Waals surface area contributed by atoms with Crippen molar-refractivity contribution >= 4 is 6.29 Å². The van der Waals surface area contributed by atoms with E-state index in [-0.39, 0.29) is 6.10 Å². The van der Waals surface area contributed by atoms with Gasteiger partial charge in [0.1, 0.15) is 12.0 Å². The van der Waals surface area contributed by atoms with Crippen LogP contribution in [0.3, 0.4) is 0 Å². The molecule has 2 nitrogen and oxygen atoms in total. The van der Waals surface area contributed by atoms with Crippen LogP contribution in [0.15, 0.2) is 24.3 Å². The first kappa shape index (κ1) is 9.78. The van der Waals surface area contributed by atoms with E-state index in [0.29, 0.717) is 5.56 Å². The lowest BCUT2D eigenvalue weighted by Gasteiger charge is -2.11. The van der Waals surface area contributed by atoms with Gasteiger partial charge < -0.3 is 4.74 Å². The number of carbonyl (C=O) groups excluding carboxylic acids is 1.